The topological polar surface area (TPSA) is 65.5 Å². The second-order valence-electron chi connectivity index (χ2n) is 6.39. The van der Waals surface area contributed by atoms with E-state index in [9.17, 15) is 4.79 Å². The van der Waals surface area contributed by atoms with Crippen molar-refractivity contribution < 1.29 is 4.79 Å². The Morgan fingerprint density at radius 1 is 1.24 bits per heavy atom. The second kappa shape index (κ2) is 12.1. The first-order valence-electron chi connectivity index (χ1n) is 7.54. The van der Waals surface area contributed by atoms with E-state index in [0.29, 0.717) is 24.5 Å². The highest BCUT2D eigenvalue weighted by Gasteiger charge is 2.13. The predicted octanol–water partition coefficient (Wildman–Crippen LogP) is 2.51. The molecule has 0 aliphatic carbocycles. The van der Waals surface area contributed by atoms with Crippen molar-refractivity contribution in [3.05, 3.63) is 0 Å². The second-order valence-corrected chi connectivity index (χ2v) is 6.39. The van der Waals surface area contributed by atoms with Crippen molar-refractivity contribution >= 4 is 35.8 Å². The molecule has 0 rings (SSSR count). The smallest absolute Gasteiger partial charge is 0.216 e. The summed E-state index contributed by atoms with van der Waals surface area (Å²) in [7, 11) is 0. The van der Waals surface area contributed by atoms with Crippen molar-refractivity contribution in [1.29, 1.82) is 0 Å². The third-order valence-electron chi connectivity index (χ3n) is 2.81. The van der Waals surface area contributed by atoms with Crippen LogP contribution in [-0.4, -0.2) is 37.5 Å². The summed E-state index contributed by atoms with van der Waals surface area (Å²) in [5, 5.41) is 9.37. The third kappa shape index (κ3) is 15.7. The van der Waals surface area contributed by atoms with Crippen LogP contribution < -0.4 is 16.0 Å². The van der Waals surface area contributed by atoms with Gasteiger partial charge in [-0.3, -0.25) is 9.79 Å². The molecule has 0 aromatic heterocycles. The highest BCUT2D eigenvalue weighted by molar-refractivity contribution is 14.0. The van der Waals surface area contributed by atoms with Crippen LogP contribution in [-0.2, 0) is 4.79 Å². The van der Waals surface area contributed by atoms with Crippen molar-refractivity contribution in [1.82, 2.24) is 16.0 Å². The molecule has 5 nitrogen and oxygen atoms in total. The SMILES string of the molecule is CCNC(=NCCNC(C)=O)NC(C)CCC(C)(C)C.I. The van der Waals surface area contributed by atoms with E-state index in [0.717, 1.165) is 18.9 Å². The van der Waals surface area contributed by atoms with Crippen molar-refractivity contribution in [3.8, 4) is 0 Å². The fourth-order valence-electron chi connectivity index (χ4n) is 1.67. The first-order valence-corrected chi connectivity index (χ1v) is 7.54. The lowest BCUT2D eigenvalue weighted by molar-refractivity contribution is -0.118. The Morgan fingerprint density at radius 2 is 1.86 bits per heavy atom. The molecule has 6 heteroatoms. The van der Waals surface area contributed by atoms with Crippen LogP contribution in [0.25, 0.3) is 0 Å². The van der Waals surface area contributed by atoms with Gasteiger partial charge in [0.1, 0.15) is 0 Å². The first-order chi connectivity index (χ1) is 9.24. The average Bonchev–Trinajstić information content (AvgIpc) is 2.31. The van der Waals surface area contributed by atoms with E-state index in [4.69, 9.17) is 0 Å². The number of amides is 1. The standard InChI is InChI=1S/C15H32N4O.HI/c1-7-16-14(18-11-10-17-13(3)20)19-12(2)8-9-15(4,5)6;/h12H,7-11H2,1-6H3,(H,17,20)(H2,16,18,19);1H. The zero-order valence-electron chi connectivity index (χ0n) is 14.4. The van der Waals surface area contributed by atoms with Gasteiger partial charge < -0.3 is 16.0 Å². The molecule has 0 aromatic rings. The summed E-state index contributed by atoms with van der Waals surface area (Å²) in [5.74, 6) is 0.802. The number of nitrogens with one attached hydrogen (secondary N) is 3. The van der Waals surface area contributed by atoms with Crippen molar-refractivity contribution in [3.63, 3.8) is 0 Å². The van der Waals surface area contributed by atoms with Crippen molar-refractivity contribution in [2.24, 2.45) is 10.4 Å². The minimum absolute atomic E-state index is 0. The van der Waals surface area contributed by atoms with Gasteiger partial charge in [-0.15, -0.1) is 24.0 Å². The molecule has 1 atom stereocenters. The molecule has 0 bridgehead atoms. The molecular weight excluding hydrogens is 379 g/mol. The molecule has 1 amide bonds. The summed E-state index contributed by atoms with van der Waals surface area (Å²) in [5.41, 5.74) is 0.358. The van der Waals surface area contributed by atoms with E-state index in [2.05, 4.69) is 48.6 Å². The van der Waals surface area contributed by atoms with Crippen LogP contribution >= 0.6 is 24.0 Å². The van der Waals surface area contributed by atoms with Gasteiger partial charge in [-0.2, -0.15) is 0 Å². The molecule has 1 unspecified atom stereocenters. The quantitative estimate of drug-likeness (QED) is 0.261. The summed E-state index contributed by atoms with van der Waals surface area (Å²) in [6, 6.07) is 0.382. The van der Waals surface area contributed by atoms with Gasteiger partial charge in [0.15, 0.2) is 5.96 Å². The van der Waals surface area contributed by atoms with E-state index in [1.54, 1.807) is 0 Å². The maximum absolute atomic E-state index is 10.8. The van der Waals surface area contributed by atoms with Gasteiger partial charge in [-0.05, 0) is 32.1 Å². The predicted molar refractivity (Wildman–Crippen MR) is 101 cm³/mol. The first kappa shape index (κ1) is 22.7. The van der Waals surface area contributed by atoms with Crippen LogP contribution in [0.3, 0.4) is 0 Å². The maximum atomic E-state index is 10.8. The molecule has 0 saturated heterocycles. The van der Waals surface area contributed by atoms with Gasteiger partial charge in [-0.1, -0.05) is 20.8 Å². The number of rotatable bonds is 7. The highest BCUT2D eigenvalue weighted by atomic mass is 127. The number of aliphatic imine (C=N–C) groups is 1. The van der Waals surface area contributed by atoms with E-state index >= 15 is 0 Å². The molecule has 0 saturated carbocycles. The molecule has 0 spiro atoms. The Bertz CT molecular complexity index is 313. The molecule has 0 aliphatic heterocycles. The number of nitrogens with zero attached hydrogens (tertiary/aromatic N) is 1. The summed E-state index contributed by atoms with van der Waals surface area (Å²) in [4.78, 5) is 15.2. The van der Waals surface area contributed by atoms with E-state index in [1.165, 1.54) is 13.3 Å². The number of guanidine groups is 1. The Labute approximate surface area is 147 Å². The zero-order valence-corrected chi connectivity index (χ0v) is 16.7. The van der Waals surface area contributed by atoms with Crippen LogP contribution in [0.2, 0.25) is 0 Å². The van der Waals surface area contributed by atoms with Gasteiger partial charge in [0.2, 0.25) is 5.91 Å². The summed E-state index contributed by atoms with van der Waals surface area (Å²) < 4.78 is 0. The van der Waals surface area contributed by atoms with E-state index in [-0.39, 0.29) is 29.9 Å². The molecular formula is C15H33IN4O. The van der Waals surface area contributed by atoms with Gasteiger partial charge >= 0.3 is 0 Å². The third-order valence-corrected chi connectivity index (χ3v) is 2.81. The van der Waals surface area contributed by atoms with Crippen LogP contribution in [0, 0.1) is 5.41 Å². The Hall–Kier alpha value is -0.530. The minimum atomic E-state index is -0.0169. The molecule has 0 aliphatic rings. The zero-order chi connectivity index (χ0) is 15.6. The van der Waals surface area contributed by atoms with Crippen molar-refractivity contribution in [2.75, 3.05) is 19.6 Å². The molecule has 0 heterocycles. The van der Waals surface area contributed by atoms with Gasteiger partial charge in [-0.25, -0.2) is 0 Å². The monoisotopic (exact) mass is 412 g/mol. The largest absolute Gasteiger partial charge is 0.357 e. The number of hydrogen-bond donors (Lipinski definition) is 3. The molecule has 0 aromatic carbocycles. The van der Waals surface area contributed by atoms with Gasteiger partial charge in [0.05, 0.1) is 6.54 Å². The lowest BCUT2D eigenvalue weighted by Crippen LogP contribution is -2.43. The number of carbonyl (C=O) groups excluding carboxylic acids is 1. The summed E-state index contributed by atoms with van der Waals surface area (Å²) >= 11 is 0. The van der Waals surface area contributed by atoms with Crippen molar-refractivity contribution in [2.45, 2.75) is 60.4 Å². The lowest BCUT2D eigenvalue weighted by atomic mass is 9.89. The molecule has 126 valence electrons. The molecule has 0 radical (unpaired) electrons. The molecule has 3 N–H and O–H groups in total. The number of hydrogen-bond acceptors (Lipinski definition) is 2. The van der Waals surface area contributed by atoms with E-state index < -0.39 is 0 Å². The van der Waals surface area contributed by atoms with Gasteiger partial charge in [0, 0.05) is 26.1 Å². The van der Waals surface area contributed by atoms with Gasteiger partial charge in [0.25, 0.3) is 0 Å². The van der Waals surface area contributed by atoms with Crippen LogP contribution in [0.4, 0.5) is 0 Å². The lowest BCUT2D eigenvalue weighted by Gasteiger charge is -2.23. The number of carbonyl (C=O) groups is 1. The Kier molecular flexibility index (Phi) is 13.1. The normalized spacial score (nSPS) is 13.1. The number of halogens is 1. The van der Waals surface area contributed by atoms with Crippen LogP contribution in [0.15, 0.2) is 4.99 Å². The summed E-state index contributed by atoms with van der Waals surface area (Å²) in [6.45, 7) is 14.5. The minimum Gasteiger partial charge on any atom is -0.357 e. The molecule has 21 heavy (non-hydrogen) atoms. The Balaban J connectivity index is 0. The highest BCUT2D eigenvalue weighted by Crippen LogP contribution is 2.21. The van der Waals surface area contributed by atoms with Crippen LogP contribution in [0.5, 0.6) is 0 Å². The van der Waals surface area contributed by atoms with E-state index in [1.807, 2.05) is 6.92 Å². The summed E-state index contributed by atoms with van der Waals surface area (Å²) in [6.07, 6.45) is 2.28. The fraction of sp³-hybridized carbons (Fsp3) is 0.867. The molecule has 0 fully saturated rings. The maximum Gasteiger partial charge on any atom is 0.216 e. The van der Waals surface area contributed by atoms with Crippen LogP contribution in [0.1, 0.15) is 54.4 Å². The fourth-order valence-corrected chi connectivity index (χ4v) is 1.67. The Morgan fingerprint density at radius 3 is 2.33 bits per heavy atom. The average molecular weight is 412 g/mol.